The maximum absolute atomic E-state index is 10.4. The lowest BCUT2D eigenvalue weighted by atomic mass is 10.0. The molecule has 2 heterocycles. The smallest absolute Gasteiger partial charge is 0.182 e. The minimum Gasteiger partial charge on any atom is -0.434 e. The van der Waals surface area contributed by atoms with Gasteiger partial charge in [-0.15, -0.1) is 23.1 Å². The van der Waals surface area contributed by atoms with E-state index in [4.69, 9.17) is 9.72 Å². The molecule has 0 radical (unpaired) electrons. The van der Waals surface area contributed by atoms with E-state index in [-0.39, 0.29) is 0 Å². The zero-order chi connectivity index (χ0) is 19.8. The zero-order valence-electron chi connectivity index (χ0n) is 15.7. The summed E-state index contributed by atoms with van der Waals surface area (Å²) in [6.45, 7) is 0.669. The van der Waals surface area contributed by atoms with Crippen molar-refractivity contribution in [1.29, 1.82) is 5.26 Å². The number of ether oxygens (including phenoxy) is 1. The first-order valence-electron chi connectivity index (χ1n) is 9.07. The average molecular weight is 427 g/mol. The van der Waals surface area contributed by atoms with Crippen LogP contribution in [0.4, 0.5) is 0 Å². The summed E-state index contributed by atoms with van der Waals surface area (Å²) < 4.78 is 5.06. The van der Waals surface area contributed by atoms with Gasteiger partial charge in [0.1, 0.15) is 11.1 Å². The highest BCUT2D eigenvalue weighted by Crippen LogP contribution is 2.35. The lowest BCUT2D eigenvalue weighted by molar-refractivity contribution is 0.198. The molecule has 1 aromatic carbocycles. The number of nitrogens with zero attached hydrogens (tertiary/aromatic N) is 2. The van der Waals surface area contributed by atoms with Crippen LogP contribution < -0.4 is 0 Å². The third-order valence-corrected chi connectivity index (χ3v) is 9.00. The molecule has 0 amide bonds. The van der Waals surface area contributed by atoms with E-state index < -0.39 is 9.04 Å². The van der Waals surface area contributed by atoms with E-state index in [1.165, 1.54) is 11.8 Å². The fraction of sp³-hybridized carbons (Fsp3) is 0.238. The van der Waals surface area contributed by atoms with Crippen LogP contribution in [-0.2, 0) is 4.74 Å². The highest BCUT2D eigenvalue weighted by molar-refractivity contribution is 8.00. The maximum Gasteiger partial charge on any atom is 0.182 e. The Kier molecular flexibility index (Phi) is 7.83. The molecular formula is C21H22N2O2S2Si. The minimum atomic E-state index is -1.87. The molecule has 3 rings (SSSR count). The standard InChI is InChI=1S/C21H22N2O2S2Si/c1-25-10-6-12-28(24)15-27-21-18(14-22)17(16-7-3-2-4-8-16)13-19(23-21)20-9-5-11-26-20/h2-5,7-9,11,13,24,28H,6,10,12,15H2,1H3. The number of thiophene rings is 1. The first kappa shape index (κ1) is 20.8. The Morgan fingerprint density at radius 3 is 2.75 bits per heavy atom. The van der Waals surface area contributed by atoms with E-state index in [0.29, 0.717) is 22.6 Å². The molecule has 3 aromatic rings. The monoisotopic (exact) mass is 426 g/mol. The van der Waals surface area contributed by atoms with Crippen molar-refractivity contribution in [2.75, 3.05) is 19.1 Å². The molecule has 0 bridgehead atoms. The van der Waals surface area contributed by atoms with Gasteiger partial charge in [0.2, 0.25) is 0 Å². The molecular weight excluding hydrogens is 404 g/mol. The van der Waals surface area contributed by atoms with E-state index in [9.17, 15) is 10.1 Å². The number of aromatic nitrogens is 1. The van der Waals surface area contributed by atoms with E-state index in [1.54, 1.807) is 18.4 Å². The van der Waals surface area contributed by atoms with Crippen LogP contribution >= 0.6 is 23.1 Å². The number of methoxy groups -OCH3 is 1. The van der Waals surface area contributed by atoms with Crippen LogP contribution in [0.3, 0.4) is 0 Å². The lowest BCUT2D eigenvalue weighted by Crippen LogP contribution is -2.16. The Morgan fingerprint density at radius 1 is 1.25 bits per heavy atom. The van der Waals surface area contributed by atoms with Crippen molar-refractivity contribution >= 4 is 32.1 Å². The van der Waals surface area contributed by atoms with E-state index in [1.807, 2.05) is 53.9 Å². The van der Waals surface area contributed by atoms with Gasteiger partial charge in [-0.3, -0.25) is 0 Å². The number of pyridine rings is 1. The van der Waals surface area contributed by atoms with Gasteiger partial charge < -0.3 is 9.53 Å². The Labute approximate surface area is 175 Å². The predicted molar refractivity (Wildman–Crippen MR) is 119 cm³/mol. The molecule has 144 valence electrons. The van der Waals surface area contributed by atoms with Crippen molar-refractivity contribution in [3.8, 4) is 27.8 Å². The van der Waals surface area contributed by atoms with Crippen LogP contribution in [0.25, 0.3) is 21.7 Å². The van der Waals surface area contributed by atoms with Crippen molar-refractivity contribution < 1.29 is 9.53 Å². The molecule has 28 heavy (non-hydrogen) atoms. The highest BCUT2D eigenvalue weighted by Gasteiger charge is 2.18. The zero-order valence-corrected chi connectivity index (χ0v) is 18.5. The summed E-state index contributed by atoms with van der Waals surface area (Å²) in [5, 5.41) is 13.2. The molecule has 2 aromatic heterocycles. The lowest BCUT2D eigenvalue weighted by Gasteiger charge is -2.13. The number of benzene rings is 1. The van der Waals surface area contributed by atoms with Gasteiger partial charge in [0.25, 0.3) is 0 Å². The molecule has 4 nitrogen and oxygen atoms in total. The van der Waals surface area contributed by atoms with Crippen molar-refractivity contribution in [2.24, 2.45) is 0 Å². The molecule has 1 unspecified atom stereocenters. The number of thioether (sulfide) groups is 1. The molecule has 1 atom stereocenters. The van der Waals surface area contributed by atoms with Crippen molar-refractivity contribution in [1.82, 2.24) is 4.98 Å². The molecule has 0 aliphatic carbocycles. The number of hydrogen-bond acceptors (Lipinski definition) is 6. The van der Waals surface area contributed by atoms with Gasteiger partial charge in [-0.2, -0.15) is 5.26 Å². The summed E-state index contributed by atoms with van der Waals surface area (Å²) in [6.07, 6.45) is 0.869. The second-order valence-electron chi connectivity index (χ2n) is 6.29. The number of nitriles is 1. The average Bonchev–Trinajstić information content (AvgIpc) is 3.27. The normalized spacial score (nSPS) is 11.9. The summed E-state index contributed by atoms with van der Waals surface area (Å²) in [5.41, 5.74) is 3.33. The quantitative estimate of drug-likeness (QED) is 0.304. The molecule has 0 saturated heterocycles. The number of hydrogen-bond donors (Lipinski definition) is 1. The molecule has 0 aliphatic heterocycles. The predicted octanol–water partition coefficient (Wildman–Crippen LogP) is 4.73. The maximum atomic E-state index is 10.4. The van der Waals surface area contributed by atoms with Crippen LogP contribution in [0, 0.1) is 11.3 Å². The Morgan fingerprint density at radius 2 is 2.07 bits per heavy atom. The second-order valence-corrected chi connectivity index (χ2v) is 11.1. The largest absolute Gasteiger partial charge is 0.434 e. The molecule has 0 spiro atoms. The van der Waals surface area contributed by atoms with Gasteiger partial charge in [0, 0.05) is 24.7 Å². The first-order valence-corrected chi connectivity index (χ1v) is 13.1. The molecule has 1 N–H and O–H groups in total. The summed E-state index contributed by atoms with van der Waals surface area (Å²) in [4.78, 5) is 16.2. The van der Waals surface area contributed by atoms with Crippen LogP contribution in [0.5, 0.6) is 0 Å². The van der Waals surface area contributed by atoms with Crippen molar-refractivity contribution in [3.63, 3.8) is 0 Å². The van der Waals surface area contributed by atoms with E-state index in [0.717, 1.165) is 34.2 Å². The van der Waals surface area contributed by atoms with Crippen LogP contribution in [-0.4, -0.2) is 37.9 Å². The Bertz CT molecular complexity index is 928. The van der Waals surface area contributed by atoms with Crippen LogP contribution in [0.1, 0.15) is 12.0 Å². The topological polar surface area (TPSA) is 66.1 Å². The third kappa shape index (κ3) is 5.31. The summed E-state index contributed by atoms with van der Waals surface area (Å²) in [5.74, 6) is 0. The third-order valence-electron chi connectivity index (χ3n) is 4.25. The van der Waals surface area contributed by atoms with Crippen LogP contribution in [0.2, 0.25) is 6.04 Å². The second kappa shape index (κ2) is 10.6. The summed E-state index contributed by atoms with van der Waals surface area (Å²) in [6, 6.07) is 19.1. The van der Waals surface area contributed by atoms with Gasteiger partial charge in [0.05, 0.1) is 16.1 Å². The molecule has 0 aliphatic rings. The summed E-state index contributed by atoms with van der Waals surface area (Å²) in [7, 11) is -0.192. The Hall–Kier alpha value is -1.95. The van der Waals surface area contributed by atoms with Gasteiger partial charge in [-0.1, -0.05) is 36.4 Å². The number of rotatable bonds is 9. The van der Waals surface area contributed by atoms with E-state index in [2.05, 4.69) is 6.07 Å². The Balaban J connectivity index is 1.94. The van der Waals surface area contributed by atoms with Crippen molar-refractivity contribution in [2.45, 2.75) is 17.5 Å². The first-order chi connectivity index (χ1) is 13.7. The van der Waals surface area contributed by atoms with Gasteiger partial charge in [-0.25, -0.2) is 4.98 Å². The molecule has 0 fully saturated rings. The van der Waals surface area contributed by atoms with Crippen molar-refractivity contribution in [3.05, 3.63) is 59.5 Å². The van der Waals surface area contributed by atoms with E-state index >= 15 is 0 Å². The summed E-state index contributed by atoms with van der Waals surface area (Å²) >= 11 is 3.13. The van der Waals surface area contributed by atoms with Gasteiger partial charge in [0.15, 0.2) is 9.04 Å². The van der Waals surface area contributed by atoms with Gasteiger partial charge in [-0.05, 0) is 35.5 Å². The molecule has 7 heteroatoms. The minimum absolute atomic E-state index is 0.578. The van der Waals surface area contributed by atoms with Gasteiger partial charge >= 0.3 is 0 Å². The highest BCUT2D eigenvalue weighted by atomic mass is 32.2. The molecule has 0 saturated carbocycles. The SMILES string of the molecule is COCCC[SiH](O)CSc1nc(-c2cccs2)cc(-c2ccccc2)c1C#N. The fourth-order valence-electron chi connectivity index (χ4n) is 2.85. The fourth-order valence-corrected chi connectivity index (χ4v) is 6.71. The van der Waals surface area contributed by atoms with Crippen LogP contribution in [0.15, 0.2) is 58.9 Å².